The molecule has 9 nitrogen and oxygen atoms in total. The number of esters is 1. The topological polar surface area (TPSA) is 118 Å². The van der Waals surface area contributed by atoms with Crippen molar-refractivity contribution in [2.24, 2.45) is 5.92 Å². The summed E-state index contributed by atoms with van der Waals surface area (Å²) in [6.45, 7) is 1.86. The van der Waals surface area contributed by atoms with Crippen LogP contribution in [0.5, 0.6) is 0 Å². The summed E-state index contributed by atoms with van der Waals surface area (Å²) < 4.78 is 10.4. The van der Waals surface area contributed by atoms with Crippen LogP contribution in [0.3, 0.4) is 0 Å². The monoisotopic (exact) mass is 399 g/mol. The van der Waals surface area contributed by atoms with Crippen molar-refractivity contribution < 1.29 is 28.3 Å². The molecule has 3 rings (SSSR count). The molecule has 0 radical (unpaired) electrons. The molecule has 0 saturated carbocycles. The van der Waals surface area contributed by atoms with E-state index in [1.165, 1.54) is 18.1 Å². The standard InChI is InChI=1S/C20H21N3O6/c1-13(18(25)21-22-19(26)14-6-3-2-4-7-14)29-20(27)15-10-17(24)23(11-15)12-16-8-5-9-28-16/h2-9,13,15H,10-12H2,1H3,(H,21,25)(H,22,26)/t13-,15-/m0/s1. The first-order valence-corrected chi connectivity index (χ1v) is 9.10. The Balaban J connectivity index is 1.45. The molecule has 3 amide bonds. The lowest BCUT2D eigenvalue weighted by atomic mass is 10.1. The molecule has 29 heavy (non-hydrogen) atoms. The van der Waals surface area contributed by atoms with Crippen LogP contribution in [-0.2, 0) is 25.7 Å². The number of amides is 3. The van der Waals surface area contributed by atoms with E-state index in [-0.39, 0.29) is 25.4 Å². The summed E-state index contributed by atoms with van der Waals surface area (Å²) in [5.74, 6) is -2.04. The minimum absolute atomic E-state index is 0.0125. The molecule has 1 aromatic heterocycles. The van der Waals surface area contributed by atoms with Crippen molar-refractivity contribution in [3.63, 3.8) is 0 Å². The Morgan fingerprint density at radius 3 is 2.62 bits per heavy atom. The summed E-state index contributed by atoms with van der Waals surface area (Å²) in [7, 11) is 0. The highest BCUT2D eigenvalue weighted by Crippen LogP contribution is 2.22. The number of hydrogen-bond acceptors (Lipinski definition) is 6. The molecular formula is C20H21N3O6. The van der Waals surface area contributed by atoms with E-state index < -0.39 is 29.8 Å². The first kappa shape index (κ1) is 20.1. The summed E-state index contributed by atoms with van der Waals surface area (Å²) in [5.41, 5.74) is 4.85. The second-order valence-electron chi connectivity index (χ2n) is 6.64. The van der Waals surface area contributed by atoms with Crippen LogP contribution >= 0.6 is 0 Å². The number of rotatable bonds is 6. The van der Waals surface area contributed by atoms with E-state index in [9.17, 15) is 19.2 Å². The Labute approximate surface area is 167 Å². The van der Waals surface area contributed by atoms with Gasteiger partial charge in [-0.15, -0.1) is 0 Å². The third-order valence-corrected chi connectivity index (χ3v) is 4.47. The normalized spacial score (nSPS) is 16.9. The van der Waals surface area contributed by atoms with Crippen LogP contribution < -0.4 is 10.9 Å². The van der Waals surface area contributed by atoms with Gasteiger partial charge in [-0.2, -0.15) is 0 Å². The van der Waals surface area contributed by atoms with Crippen LogP contribution in [0.15, 0.2) is 53.1 Å². The number of furan rings is 1. The largest absolute Gasteiger partial charge is 0.467 e. The Morgan fingerprint density at radius 1 is 1.17 bits per heavy atom. The number of hydrazine groups is 1. The molecule has 2 atom stereocenters. The number of nitrogens with one attached hydrogen (secondary N) is 2. The molecule has 0 aliphatic carbocycles. The number of ether oxygens (including phenoxy) is 1. The molecule has 9 heteroatoms. The van der Waals surface area contributed by atoms with Crippen molar-refractivity contribution in [3.05, 3.63) is 60.1 Å². The van der Waals surface area contributed by atoms with Crippen molar-refractivity contribution in [3.8, 4) is 0 Å². The predicted molar refractivity (Wildman–Crippen MR) is 99.8 cm³/mol. The highest BCUT2D eigenvalue weighted by atomic mass is 16.5. The average Bonchev–Trinajstić information content (AvgIpc) is 3.36. The molecular weight excluding hydrogens is 378 g/mol. The first-order chi connectivity index (χ1) is 13.9. The van der Waals surface area contributed by atoms with Crippen molar-refractivity contribution in [2.45, 2.75) is 26.0 Å². The molecule has 1 aromatic carbocycles. The molecule has 152 valence electrons. The third kappa shape index (κ3) is 5.22. The van der Waals surface area contributed by atoms with Gasteiger partial charge in [-0.1, -0.05) is 18.2 Å². The molecule has 2 aromatic rings. The van der Waals surface area contributed by atoms with Gasteiger partial charge in [0.2, 0.25) is 5.91 Å². The van der Waals surface area contributed by atoms with E-state index in [0.717, 1.165) is 0 Å². The highest BCUT2D eigenvalue weighted by Gasteiger charge is 2.36. The zero-order chi connectivity index (χ0) is 20.8. The second-order valence-corrected chi connectivity index (χ2v) is 6.64. The van der Waals surface area contributed by atoms with Crippen molar-refractivity contribution in [1.82, 2.24) is 15.8 Å². The van der Waals surface area contributed by atoms with Gasteiger partial charge in [0.25, 0.3) is 11.8 Å². The number of benzene rings is 1. The van der Waals surface area contributed by atoms with Gasteiger partial charge in [0, 0.05) is 18.5 Å². The summed E-state index contributed by atoms with van der Waals surface area (Å²) in [6, 6.07) is 11.8. The van der Waals surface area contributed by atoms with Gasteiger partial charge in [-0.3, -0.25) is 30.0 Å². The molecule has 0 unspecified atom stereocenters. The highest BCUT2D eigenvalue weighted by molar-refractivity contribution is 5.96. The zero-order valence-electron chi connectivity index (χ0n) is 15.8. The van der Waals surface area contributed by atoms with Gasteiger partial charge >= 0.3 is 5.97 Å². The summed E-state index contributed by atoms with van der Waals surface area (Å²) >= 11 is 0. The number of carbonyl (C=O) groups excluding carboxylic acids is 4. The zero-order valence-corrected chi connectivity index (χ0v) is 15.8. The van der Waals surface area contributed by atoms with Gasteiger partial charge < -0.3 is 14.1 Å². The molecule has 1 aliphatic rings. The van der Waals surface area contributed by atoms with E-state index >= 15 is 0 Å². The van der Waals surface area contributed by atoms with Crippen LogP contribution in [0.4, 0.5) is 0 Å². The predicted octanol–water partition coefficient (Wildman–Crippen LogP) is 1.02. The van der Waals surface area contributed by atoms with Crippen LogP contribution in [0.25, 0.3) is 0 Å². The fraction of sp³-hybridized carbons (Fsp3) is 0.300. The lowest BCUT2D eigenvalue weighted by molar-refractivity contribution is -0.158. The maximum absolute atomic E-state index is 12.3. The smallest absolute Gasteiger partial charge is 0.312 e. The van der Waals surface area contributed by atoms with Crippen molar-refractivity contribution >= 4 is 23.7 Å². The van der Waals surface area contributed by atoms with E-state index in [0.29, 0.717) is 11.3 Å². The number of carbonyl (C=O) groups is 4. The minimum Gasteiger partial charge on any atom is -0.467 e. The SMILES string of the molecule is C[C@H](OC(=O)[C@H]1CC(=O)N(Cc2ccco2)C1)C(=O)NNC(=O)c1ccccc1. The van der Waals surface area contributed by atoms with Crippen LogP contribution in [0, 0.1) is 5.92 Å². The number of hydrogen-bond donors (Lipinski definition) is 2. The van der Waals surface area contributed by atoms with E-state index in [1.807, 2.05) is 0 Å². The minimum atomic E-state index is -1.13. The second kappa shape index (κ2) is 9.05. The van der Waals surface area contributed by atoms with Crippen molar-refractivity contribution in [2.75, 3.05) is 6.54 Å². The lowest BCUT2D eigenvalue weighted by Crippen LogP contribution is -2.47. The lowest BCUT2D eigenvalue weighted by Gasteiger charge is -2.17. The quantitative estimate of drug-likeness (QED) is 0.553. The molecule has 0 spiro atoms. The molecule has 1 fully saturated rings. The maximum Gasteiger partial charge on any atom is 0.312 e. The fourth-order valence-electron chi connectivity index (χ4n) is 2.88. The van der Waals surface area contributed by atoms with Gasteiger partial charge in [-0.25, -0.2) is 0 Å². The summed E-state index contributed by atoms with van der Waals surface area (Å²) in [5, 5.41) is 0. The molecule has 2 heterocycles. The third-order valence-electron chi connectivity index (χ3n) is 4.47. The van der Waals surface area contributed by atoms with Gasteiger partial charge in [0.05, 0.1) is 18.7 Å². The molecule has 1 saturated heterocycles. The number of likely N-dealkylation sites (tertiary alicyclic amines) is 1. The molecule has 2 N–H and O–H groups in total. The fourth-order valence-corrected chi connectivity index (χ4v) is 2.88. The molecule has 1 aliphatic heterocycles. The van der Waals surface area contributed by atoms with Crippen LogP contribution in [0.1, 0.15) is 29.5 Å². The van der Waals surface area contributed by atoms with E-state index in [1.54, 1.807) is 42.5 Å². The average molecular weight is 399 g/mol. The maximum atomic E-state index is 12.3. The summed E-state index contributed by atoms with van der Waals surface area (Å²) in [4.78, 5) is 49.9. The first-order valence-electron chi connectivity index (χ1n) is 9.10. The number of nitrogens with zero attached hydrogens (tertiary/aromatic N) is 1. The van der Waals surface area contributed by atoms with Crippen LogP contribution in [0.2, 0.25) is 0 Å². The Morgan fingerprint density at radius 2 is 1.93 bits per heavy atom. The van der Waals surface area contributed by atoms with E-state index in [2.05, 4.69) is 10.9 Å². The van der Waals surface area contributed by atoms with Gasteiger partial charge in [0.1, 0.15) is 5.76 Å². The Kier molecular flexibility index (Phi) is 6.28. The Hall–Kier alpha value is -3.62. The Bertz CT molecular complexity index is 881. The molecule has 0 bridgehead atoms. The van der Waals surface area contributed by atoms with Gasteiger partial charge in [-0.05, 0) is 31.2 Å². The summed E-state index contributed by atoms with van der Waals surface area (Å²) in [6.07, 6.45) is 0.393. The van der Waals surface area contributed by atoms with Crippen LogP contribution in [-0.4, -0.2) is 41.2 Å². The van der Waals surface area contributed by atoms with Gasteiger partial charge in [0.15, 0.2) is 6.10 Å². The van der Waals surface area contributed by atoms with Crippen molar-refractivity contribution in [1.29, 1.82) is 0 Å². The van der Waals surface area contributed by atoms with E-state index in [4.69, 9.17) is 9.15 Å².